The van der Waals surface area contributed by atoms with E-state index in [1.807, 2.05) is 20.8 Å². The summed E-state index contributed by atoms with van der Waals surface area (Å²) in [6, 6.07) is 1.06. The molecule has 1 heterocycles. The maximum atomic E-state index is 12.8. The molecule has 0 aliphatic rings. The van der Waals surface area contributed by atoms with Crippen LogP contribution >= 0.6 is 0 Å². The molecular weight excluding hydrogens is 390 g/mol. The third-order valence-electron chi connectivity index (χ3n) is 3.84. The van der Waals surface area contributed by atoms with Crippen molar-refractivity contribution in [3.05, 3.63) is 12.4 Å². The van der Waals surface area contributed by atoms with Gasteiger partial charge in [0.05, 0.1) is 6.61 Å². The zero-order valence-corrected chi connectivity index (χ0v) is 20.0. The topological polar surface area (TPSA) is 82.9 Å². The Morgan fingerprint density at radius 3 is 2.52 bits per heavy atom. The number of carbonyl (C=O) groups is 2. The molecule has 0 radical (unpaired) electrons. The highest BCUT2D eigenvalue weighted by Crippen LogP contribution is 2.18. The number of hydrogen-bond donors (Lipinski definition) is 0. The quantitative estimate of drug-likeness (QED) is 0.298. The van der Waals surface area contributed by atoms with Crippen molar-refractivity contribution in [3.63, 3.8) is 0 Å². The molecule has 0 unspecified atom stereocenters. The molecule has 0 fully saturated rings. The molecule has 0 aliphatic carbocycles. The van der Waals surface area contributed by atoms with Gasteiger partial charge in [-0.15, -0.1) is 0 Å². The molecule has 1 aromatic heterocycles. The number of imidazole rings is 1. The van der Waals surface area contributed by atoms with Gasteiger partial charge in [0, 0.05) is 40.0 Å². The predicted molar refractivity (Wildman–Crippen MR) is 116 cm³/mol. The van der Waals surface area contributed by atoms with E-state index < -0.39 is 19.8 Å². The summed E-state index contributed by atoms with van der Waals surface area (Å²) in [6.45, 7) is 15.7. The normalized spacial score (nSPS) is 12.0. The smallest absolute Gasteiger partial charge is 0.417 e. The lowest BCUT2D eigenvalue weighted by Gasteiger charge is -2.27. The van der Waals surface area contributed by atoms with Crippen LogP contribution in [0.4, 0.5) is 10.7 Å². The Labute approximate surface area is 175 Å². The summed E-state index contributed by atoms with van der Waals surface area (Å²) in [7, 11) is -1.17. The molecule has 29 heavy (non-hydrogen) atoms. The molecule has 1 rings (SSSR count). The first-order chi connectivity index (χ1) is 13.4. The van der Waals surface area contributed by atoms with E-state index in [1.54, 1.807) is 23.9 Å². The first kappa shape index (κ1) is 25.2. The van der Waals surface area contributed by atoms with Crippen LogP contribution in [0.1, 0.15) is 40.5 Å². The minimum Gasteiger partial charge on any atom is -0.466 e. The zero-order valence-electron chi connectivity index (χ0n) is 19.0. The number of hydrogen-bond acceptors (Lipinski definition) is 6. The Morgan fingerprint density at radius 1 is 1.24 bits per heavy atom. The summed E-state index contributed by atoms with van der Waals surface area (Å²) in [4.78, 5) is 30.2. The van der Waals surface area contributed by atoms with Crippen LogP contribution in [-0.4, -0.2) is 55.0 Å². The summed E-state index contributed by atoms with van der Waals surface area (Å²) in [6.07, 6.45) is 3.56. The van der Waals surface area contributed by atoms with Crippen molar-refractivity contribution in [2.75, 3.05) is 24.7 Å². The van der Waals surface area contributed by atoms with Crippen LogP contribution < -0.4 is 4.90 Å². The number of anilines is 1. The van der Waals surface area contributed by atoms with Gasteiger partial charge in [-0.25, -0.2) is 14.7 Å². The second-order valence-electron chi connectivity index (χ2n) is 9.09. The highest BCUT2D eigenvalue weighted by atomic mass is 28.3. The first-order valence-corrected chi connectivity index (χ1v) is 13.9. The molecule has 0 spiro atoms. The number of amides is 1. The molecule has 9 heteroatoms. The second-order valence-corrected chi connectivity index (χ2v) is 14.7. The van der Waals surface area contributed by atoms with Crippen molar-refractivity contribution in [1.82, 2.24) is 9.55 Å². The van der Waals surface area contributed by atoms with Crippen LogP contribution in [0.25, 0.3) is 0 Å². The van der Waals surface area contributed by atoms with Crippen LogP contribution in [0.15, 0.2) is 12.4 Å². The summed E-state index contributed by atoms with van der Waals surface area (Å²) < 4.78 is 18.1. The fourth-order valence-electron chi connectivity index (χ4n) is 2.39. The van der Waals surface area contributed by atoms with Gasteiger partial charge in [0.15, 0.2) is 0 Å². The summed E-state index contributed by atoms with van der Waals surface area (Å²) in [5, 5.41) is 0. The van der Waals surface area contributed by atoms with Crippen LogP contribution in [0, 0.1) is 0 Å². The second kappa shape index (κ2) is 11.3. The number of aromatic nitrogens is 2. The van der Waals surface area contributed by atoms with Crippen LogP contribution in [0.3, 0.4) is 0 Å². The number of rotatable bonds is 11. The van der Waals surface area contributed by atoms with Crippen LogP contribution in [-0.2, 0) is 25.7 Å². The van der Waals surface area contributed by atoms with E-state index in [0.29, 0.717) is 38.9 Å². The van der Waals surface area contributed by atoms with Crippen molar-refractivity contribution in [1.29, 1.82) is 0 Å². The lowest BCUT2D eigenvalue weighted by molar-refractivity contribution is -0.143. The maximum absolute atomic E-state index is 12.8. The lowest BCUT2D eigenvalue weighted by Crippen LogP contribution is -2.39. The van der Waals surface area contributed by atoms with Gasteiger partial charge in [-0.3, -0.25) is 9.36 Å². The molecule has 0 atom stereocenters. The molecule has 0 bridgehead atoms. The van der Waals surface area contributed by atoms with Crippen molar-refractivity contribution in [3.8, 4) is 0 Å². The Balaban J connectivity index is 2.82. The Morgan fingerprint density at radius 2 is 1.93 bits per heavy atom. The fraction of sp³-hybridized carbons (Fsp3) is 0.750. The molecule has 0 aliphatic heterocycles. The number of ether oxygens (including phenoxy) is 3. The van der Waals surface area contributed by atoms with E-state index in [-0.39, 0.29) is 12.4 Å². The third kappa shape index (κ3) is 10.5. The SMILES string of the molecule is CCOC(=O)CCCN(C(=O)OC(C)(C)C)c1nccn1COCC[Si](C)(C)C. The van der Waals surface area contributed by atoms with Crippen LogP contribution in [0.2, 0.25) is 25.7 Å². The molecule has 166 valence electrons. The molecular formula is C20H37N3O5Si. The van der Waals surface area contributed by atoms with E-state index in [1.165, 1.54) is 4.90 Å². The number of esters is 1. The van der Waals surface area contributed by atoms with Crippen molar-refractivity contribution >= 4 is 26.1 Å². The van der Waals surface area contributed by atoms with E-state index >= 15 is 0 Å². The standard InChI is InChI=1S/C20H37N3O5Si/c1-8-27-17(24)10-9-12-23(19(25)28-20(2,3)4)18-21-11-13-22(18)16-26-14-15-29(5,6)7/h11,13H,8-10,12,14-16H2,1-7H3. The minimum atomic E-state index is -1.17. The molecule has 1 aromatic rings. The van der Waals surface area contributed by atoms with Crippen LogP contribution in [0.5, 0.6) is 0 Å². The highest BCUT2D eigenvalue weighted by molar-refractivity contribution is 6.76. The monoisotopic (exact) mass is 427 g/mol. The van der Waals surface area contributed by atoms with Gasteiger partial charge < -0.3 is 14.2 Å². The van der Waals surface area contributed by atoms with E-state index in [0.717, 1.165) is 6.04 Å². The zero-order chi connectivity index (χ0) is 22.1. The molecule has 0 saturated heterocycles. The van der Waals surface area contributed by atoms with Gasteiger partial charge in [0.1, 0.15) is 12.3 Å². The van der Waals surface area contributed by atoms with E-state index in [4.69, 9.17) is 14.2 Å². The van der Waals surface area contributed by atoms with Gasteiger partial charge in [-0.2, -0.15) is 0 Å². The fourth-order valence-corrected chi connectivity index (χ4v) is 3.15. The Hall–Kier alpha value is -1.87. The van der Waals surface area contributed by atoms with Gasteiger partial charge in [-0.05, 0) is 40.2 Å². The lowest BCUT2D eigenvalue weighted by atomic mass is 10.2. The average molecular weight is 428 g/mol. The van der Waals surface area contributed by atoms with Gasteiger partial charge in [0.2, 0.25) is 5.95 Å². The van der Waals surface area contributed by atoms with E-state index in [9.17, 15) is 9.59 Å². The maximum Gasteiger partial charge on any atom is 0.417 e. The minimum absolute atomic E-state index is 0.223. The van der Waals surface area contributed by atoms with Gasteiger partial charge in [-0.1, -0.05) is 19.6 Å². The Bertz CT molecular complexity index is 649. The summed E-state index contributed by atoms with van der Waals surface area (Å²) in [5.74, 6) is 0.158. The molecule has 0 N–H and O–H groups in total. The molecule has 0 aromatic carbocycles. The van der Waals surface area contributed by atoms with Gasteiger partial charge >= 0.3 is 12.1 Å². The molecule has 8 nitrogen and oxygen atoms in total. The molecule has 0 saturated carbocycles. The predicted octanol–water partition coefficient (Wildman–Crippen LogP) is 4.28. The number of nitrogens with zero attached hydrogens (tertiary/aromatic N) is 3. The Kier molecular flexibility index (Phi) is 9.85. The van der Waals surface area contributed by atoms with Gasteiger partial charge in [0.25, 0.3) is 0 Å². The van der Waals surface area contributed by atoms with Crippen molar-refractivity contribution in [2.45, 2.75) is 78.6 Å². The van der Waals surface area contributed by atoms with E-state index in [2.05, 4.69) is 24.6 Å². The largest absolute Gasteiger partial charge is 0.466 e. The third-order valence-corrected chi connectivity index (χ3v) is 5.55. The van der Waals surface area contributed by atoms with Crippen molar-refractivity contribution < 1.29 is 23.8 Å². The summed E-state index contributed by atoms with van der Waals surface area (Å²) in [5.41, 5.74) is -0.637. The summed E-state index contributed by atoms with van der Waals surface area (Å²) >= 11 is 0. The molecule has 1 amide bonds. The van der Waals surface area contributed by atoms with Crippen molar-refractivity contribution in [2.24, 2.45) is 0 Å². The highest BCUT2D eigenvalue weighted by Gasteiger charge is 2.26. The average Bonchev–Trinajstić information content (AvgIpc) is 3.01. The number of carbonyl (C=O) groups excluding carboxylic acids is 2. The first-order valence-electron chi connectivity index (χ1n) is 10.2.